The number of halogens is 1. The predicted molar refractivity (Wildman–Crippen MR) is 74.3 cm³/mol. The summed E-state index contributed by atoms with van der Waals surface area (Å²) in [5, 5.41) is 7.26. The van der Waals surface area contributed by atoms with Gasteiger partial charge in [0.05, 0.1) is 11.9 Å². The second-order valence-corrected chi connectivity index (χ2v) is 4.86. The zero-order valence-corrected chi connectivity index (χ0v) is 11.8. The van der Waals surface area contributed by atoms with Crippen LogP contribution >= 0.6 is 15.9 Å². The molecule has 0 aromatic carbocycles. The van der Waals surface area contributed by atoms with Crippen molar-refractivity contribution < 1.29 is 0 Å². The molecule has 0 amide bonds. The van der Waals surface area contributed by atoms with Crippen LogP contribution in [0.1, 0.15) is 26.2 Å². The zero-order chi connectivity index (χ0) is 12.8. The standard InChI is InChI=1S/C12H18BrN3O/c1-4-5-6-7-9(2)15-10-8-14-16(3)12(17)11(10)13/h4,8-9,15H,1,5-7H2,2-3H3. The molecular weight excluding hydrogens is 282 g/mol. The SMILES string of the molecule is C=CCCCC(C)Nc1cnn(C)c(=O)c1Br. The first-order chi connectivity index (χ1) is 8.06. The van der Waals surface area contributed by atoms with Crippen molar-refractivity contribution in [2.24, 2.45) is 7.05 Å². The molecule has 0 saturated heterocycles. The van der Waals surface area contributed by atoms with Crippen LogP contribution in [-0.4, -0.2) is 15.8 Å². The minimum absolute atomic E-state index is 0.131. The zero-order valence-electron chi connectivity index (χ0n) is 10.2. The average Bonchev–Trinajstić information content (AvgIpc) is 2.30. The molecule has 0 spiro atoms. The van der Waals surface area contributed by atoms with E-state index in [9.17, 15) is 4.79 Å². The van der Waals surface area contributed by atoms with Gasteiger partial charge in [-0.15, -0.1) is 6.58 Å². The second-order valence-electron chi connectivity index (χ2n) is 4.07. The van der Waals surface area contributed by atoms with Crippen LogP contribution in [0.3, 0.4) is 0 Å². The fraction of sp³-hybridized carbons (Fsp3) is 0.500. The van der Waals surface area contributed by atoms with Crippen molar-refractivity contribution in [1.82, 2.24) is 9.78 Å². The van der Waals surface area contributed by atoms with Crippen molar-refractivity contribution in [3.63, 3.8) is 0 Å². The number of hydrogen-bond acceptors (Lipinski definition) is 3. The molecule has 1 unspecified atom stereocenters. The summed E-state index contributed by atoms with van der Waals surface area (Å²) >= 11 is 3.29. The Labute approximate surface area is 110 Å². The van der Waals surface area contributed by atoms with E-state index in [1.54, 1.807) is 13.2 Å². The van der Waals surface area contributed by atoms with Gasteiger partial charge in [0.1, 0.15) is 4.47 Å². The number of nitrogens with zero attached hydrogens (tertiary/aromatic N) is 2. The molecule has 0 aliphatic rings. The number of nitrogens with one attached hydrogen (secondary N) is 1. The first-order valence-corrected chi connectivity index (χ1v) is 6.44. The summed E-state index contributed by atoms with van der Waals surface area (Å²) in [6.07, 6.45) is 6.72. The Morgan fingerprint density at radius 1 is 1.71 bits per heavy atom. The third kappa shape index (κ3) is 4.00. The minimum Gasteiger partial charge on any atom is -0.380 e. The van der Waals surface area contributed by atoms with Crippen LogP contribution in [-0.2, 0) is 7.05 Å². The topological polar surface area (TPSA) is 46.9 Å². The Morgan fingerprint density at radius 3 is 3.06 bits per heavy atom. The molecule has 5 heteroatoms. The van der Waals surface area contributed by atoms with Crippen LogP contribution in [0.25, 0.3) is 0 Å². The maximum Gasteiger partial charge on any atom is 0.282 e. The van der Waals surface area contributed by atoms with Crippen molar-refractivity contribution >= 4 is 21.6 Å². The first-order valence-electron chi connectivity index (χ1n) is 5.65. The molecule has 0 radical (unpaired) electrons. The Bertz CT molecular complexity index is 442. The summed E-state index contributed by atoms with van der Waals surface area (Å²) in [5.41, 5.74) is 0.618. The summed E-state index contributed by atoms with van der Waals surface area (Å²) in [4.78, 5) is 11.6. The summed E-state index contributed by atoms with van der Waals surface area (Å²) < 4.78 is 1.84. The number of anilines is 1. The van der Waals surface area contributed by atoms with Crippen LogP contribution in [0.4, 0.5) is 5.69 Å². The van der Waals surface area contributed by atoms with Gasteiger partial charge >= 0.3 is 0 Å². The van der Waals surface area contributed by atoms with Crippen molar-refractivity contribution in [2.45, 2.75) is 32.2 Å². The van der Waals surface area contributed by atoms with Gasteiger partial charge in [-0.1, -0.05) is 6.08 Å². The molecule has 1 atom stereocenters. The number of aromatic nitrogens is 2. The van der Waals surface area contributed by atoms with Crippen LogP contribution in [0, 0.1) is 0 Å². The number of allylic oxidation sites excluding steroid dienone is 1. The van der Waals surface area contributed by atoms with E-state index in [4.69, 9.17) is 0 Å². The lowest BCUT2D eigenvalue weighted by Gasteiger charge is -2.15. The van der Waals surface area contributed by atoms with E-state index in [0.717, 1.165) is 24.9 Å². The molecule has 1 aromatic heterocycles. The quantitative estimate of drug-likeness (QED) is 0.649. The molecule has 1 rings (SSSR count). The van der Waals surface area contributed by atoms with E-state index < -0.39 is 0 Å². The van der Waals surface area contributed by atoms with Gasteiger partial charge in [0.15, 0.2) is 0 Å². The molecule has 1 heterocycles. The highest BCUT2D eigenvalue weighted by Gasteiger charge is 2.09. The average molecular weight is 300 g/mol. The van der Waals surface area contributed by atoms with Gasteiger partial charge in [0, 0.05) is 13.1 Å². The first kappa shape index (κ1) is 14.0. The van der Waals surface area contributed by atoms with E-state index >= 15 is 0 Å². The number of rotatable bonds is 6. The van der Waals surface area contributed by atoms with Gasteiger partial charge in [-0.3, -0.25) is 4.79 Å². The Morgan fingerprint density at radius 2 is 2.41 bits per heavy atom. The summed E-state index contributed by atoms with van der Waals surface area (Å²) in [6.45, 7) is 5.79. The third-order valence-corrected chi connectivity index (χ3v) is 3.29. The lowest BCUT2D eigenvalue weighted by molar-refractivity contribution is 0.657. The van der Waals surface area contributed by atoms with E-state index in [-0.39, 0.29) is 5.56 Å². The molecule has 0 aliphatic heterocycles. The van der Waals surface area contributed by atoms with E-state index in [0.29, 0.717) is 10.5 Å². The number of hydrogen-bond donors (Lipinski definition) is 1. The summed E-state index contributed by atoms with van der Waals surface area (Å²) in [6, 6.07) is 0.306. The number of aryl methyl sites for hydroxylation is 1. The highest BCUT2D eigenvalue weighted by atomic mass is 79.9. The molecule has 0 aliphatic carbocycles. The summed E-state index contributed by atoms with van der Waals surface area (Å²) in [7, 11) is 1.63. The van der Waals surface area contributed by atoms with Gasteiger partial charge in [0.25, 0.3) is 5.56 Å². The third-order valence-electron chi connectivity index (χ3n) is 2.53. The lowest BCUT2D eigenvalue weighted by atomic mass is 10.1. The minimum atomic E-state index is -0.131. The Kier molecular flexibility index (Phi) is 5.41. The van der Waals surface area contributed by atoms with E-state index in [2.05, 4.69) is 39.8 Å². The van der Waals surface area contributed by atoms with Gasteiger partial charge in [-0.2, -0.15) is 5.10 Å². The molecule has 1 N–H and O–H groups in total. The van der Waals surface area contributed by atoms with Crippen LogP contribution in [0.5, 0.6) is 0 Å². The molecule has 17 heavy (non-hydrogen) atoms. The van der Waals surface area contributed by atoms with Gasteiger partial charge in [0.2, 0.25) is 0 Å². The molecule has 0 bridgehead atoms. The monoisotopic (exact) mass is 299 g/mol. The van der Waals surface area contributed by atoms with Gasteiger partial charge in [-0.05, 0) is 42.1 Å². The van der Waals surface area contributed by atoms with Crippen LogP contribution in [0.2, 0.25) is 0 Å². The van der Waals surface area contributed by atoms with E-state index in [1.165, 1.54) is 4.68 Å². The highest BCUT2D eigenvalue weighted by molar-refractivity contribution is 9.10. The maximum atomic E-state index is 11.6. The lowest BCUT2D eigenvalue weighted by Crippen LogP contribution is -2.23. The largest absolute Gasteiger partial charge is 0.380 e. The maximum absolute atomic E-state index is 11.6. The normalized spacial score (nSPS) is 12.2. The molecule has 0 fully saturated rings. The van der Waals surface area contributed by atoms with Gasteiger partial charge < -0.3 is 5.32 Å². The fourth-order valence-corrected chi connectivity index (χ4v) is 1.99. The Hall–Kier alpha value is -1.10. The number of unbranched alkanes of at least 4 members (excludes halogenated alkanes) is 1. The van der Waals surface area contributed by atoms with Crippen LogP contribution < -0.4 is 10.9 Å². The smallest absolute Gasteiger partial charge is 0.282 e. The van der Waals surface area contributed by atoms with Crippen LogP contribution in [0.15, 0.2) is 28.1 Å². The fourth-order valence-electron chi connectivity index (χ4n) is 1.52. The molecular formula is C12H18BrN3O. The van der Waals surface area contributed by atoms with Crippen molar-refractivity contribution in [3.05, 3.63) is 33.7 Å². The van der Waals surface area contributed by atoms with Crippen molar-refractivity contribution in [3.8, 4) is 0 Å². The van der Waals surface area contributed by atoms with Crippen molar-refractivity contribution in [1.29, 1.82) is 0 Å². The van der Waals surface area contributed by atoms with E-state index in [1.807, 2.05) is 6.08 Å². The predicted octanol–water partition coefficient (Wildman–Crippen LogP) is 2.70. The highest BCUT2D eigenvalue weighted by Crippen LogP contribution is 2.18. The molecule has 0 saturated carbocycles. The van der Waals surface area contributed by atoms with Gasteiger partial charge in [-0.25, -0.2) is 4.68 Å². The summed E-state index contributed by atoms with van der Waals surface area (Å²) in [5.74, 6) is 0. The molecule has 1 aromatic rings. The second kappa shape index (κ2) is 6.59. The Balaban J connectivity index is 2.65. The van der Waals surface area contributed by atoms with Crippen molar-refractivity contribution in [2.75, 3.05) is 5.32 Å². The molecule has 94 valence electrons. The molecule has 4 nitrogen and oxygen atoms in total.